The van der Waals surface area contributed by atoms with Gasteiger partial charge in [-0.25, -0.2) is 4.79 Å². The van der Waals surface area contributed by atoms with Gasteiger partial charge in [0.05, 0.1) is 23.5 Å². The minimum absolute atomic E-state index is 0.132. The molecule has 1 N–H and O–H groups in total. The monoisotopic (exact) mass is 348 g/mol. The summed E-state index contributed by atoms with van der Waals surface area (Å²) in [6, 6.07) is 7.54. The van der Waals surface area contributed by atoms with E-state index >= 15 is 0 Å². The second kappa shape index (κ2) is 8.54. The maximum atomic E-state index is 12.2. The first kappa shape index (κ1) is 18.1. The summed E-state index contributed by atoms with van der Waals surface area (Å²) in [5.41, 5.74) is 1.85. The van der Waals surface area contributed by atoms with E-state index in [1.54, 1.807) is 6.92 Å². The highest BCUT2D eigenvalue weighted by Gasteiger charge is 2.29. The van der Waals surface area contributed by atoms with Crippen molar-refractivity contribution < 1.29 is 19.1 Å². The van der Waals surface area contributed by atoms with E-state index in [1.165, 1.54) is 28.3 Å². The zero-order chi connectivity index (χ0) is 17.5. The maximum Gasteiger partial charge on any atom is 0.333 e. The number of esters is 1. The average molecular weight is 348 g/mol. The van der Waals surface area contributed by atoms with Crippen LogP contribution in [0.4, 0.5) is 5.69 Å². The SMILES string of the molecule is CCOC(=O)/C=C1\SCC(=O)N1CC(=O)Nc1ccc(CC)cc1. The van der Waals surface area contributed by atoms with Crippen molar-refractivity contribution in [3.63, 3.8) is 0 Å². The fourth-order valence-corrected chi connectivity index (χ4v) is 3.08. The number of ether oxygens (including phenoxy) is 1. The van der Waals surface area contributed by atoms with E-state index in [1.807, 2.05) is 24.3 Å². The van der Waals surface area contributed by atoms with E-state index in [2.05, 4.69) is 12.2 Å². The molecule has 24 heavy (non-hydrogen) atoms. The zero-order valence-corrected chi connectivity index (χ0v) is 14.5. The van der Waals surface area contributed by atoms with E-state index in [0.29, 0.717) is 10.7 Å². The molecule has 0 aliphatic carbocycles. The number of rotatable bonds is 6. The van der Waals surface area contributed by atoms with Gasteiger partial charge in [-0.3, -0.25) is 14.5 Å². The van der Waals surface area contributed by atoms with Gasteiger partial charge in [-0.15, -0.1) is 0 Å². The summed E-state index contributed by atoms with van der Waals surface area (Å²) in [7, 11) is 0. The third-order valence-electron chi connectivity index (χ3n) is 3.39. The third-order valence-corrected chi connectivity index (χ3v) is 4.41. The molecule has 1 heterocycles. The molecule has 1 fully saturated rings. The van der Waals surface area contributed by atoms with E-state index in [4.69, 9.17) is 4.74 Å². The van der Waals surface area contributed by atoms with Crippen LogP contribution in [0.2, 0.25) is 0 Å². The van der Waals surface area contributed by atoms with Gasteiger partial charge in [0.15, 0.2) is 0 Å². The first-order chi connectivity index (χ1) is 11.5. The van der Waals surface area contributed by atoms with Gasteiger partial charge >= 0.3 is 5.97 Å². The van der Waals surface area contributed by atoms with Gasteiger partial charge in [-0.05, 0) is 31.0 Å². The fraction of sp³-hybridized carbons (Fsp3) is 0.353. The molecule has 0 spiro atoms. The number of carbonyl (C=O) groups is 3. The number of amides is 2. The first-order valence-corrected chi connectivity index (χ1v) is 8.72. The topological polar surface area (TPSA) is 75.7 Å². The Bertz CT molecular complexity index is 655. The number of carbonyl (C=O) groups excluding carboxylic acids is 3. The smallest absolute Gasteiger partial charge is 0.333 e. The van der Waals surface area contributed by atoms with Crippen LogP contribution >= 0.6 is 11.8 Å². The van der Waals surface area contributed by atoms with Crippen molar-refractivity contribution >= 4 is 35.2 Å². The minimum Gasteiger partial charge on any atom is -0.463 e. The number of nitrogens with one attached hydrogen (secondary N) is 1. The number of benzene rings is 1. The molecule has 0 atom stereocenters. The van der Waals surface area contributed by atoms with Crippen molar-refractivity contribution in [3.05, 3.63) is 40.9 Å². The Labute approximate surface area is 145 Å². The van der Waals surface area contributed by atoms with E-state index < -0.39 is 5.97 Å². The fourth-order valence-electron chi connectivity index (χ4n) is 2.15. The molecule has 0 bridgehead atoms. The standard InChI is InChI=1S/C17H20N2O4S/c1-3-12-5-7-13(8-6-12)18-14(20)10-19-15(21)11-24-16(19)9-17(22)23-4-2/h5-9H,3-4,10-11H2,1-2H3,(H,18,20)/b16-9-. The lowest BCUT2D eigenvalue weighted by molar-refractivity contribution is -0.137. The Kier molecular flexibility index (Phi) is 6.43. The molecule has 128 valence electrons. The van der Waals surface area contributed by atoms with Crippen LogP contribution in [-0.2, 0) is 25.5 Å². The highest BCUT2D eigenvalue weighted by Crippen LogP contribution is 2.28. The van der Waals surface area contributed by atoms with Crippen molar-refractivity contribution in [3.8, 4) is 0 Å². The van der Waals surface area contributed by atoms with Gasteiger partial charge in [0.2, 0.25) is 11.8 Å². The van der Waals surface area contributed by atoms with Crippen molar-refractivity contribution in [2.45, 2.75) is 20.3 Å². The van der Waals surface area contributed by atoms with Crippen LogP contribution in [0.1, 0.15) is 19.4 Å². The predicted molar refractivity (Wildman–Crippen MR) is 93.3 cm³/mol. The van der Waals surface area contributed by atoms with Crippen LogP contribution in [0, 0.1) is 0 Å². The Hall–Kier alpha value is -2.28. The number of thioether (sulfide) groups is 1. The second-order valence-electron chi connectivity index (χ2n) is 5.10. The Morgan fingerprint density at radius 1 is 1.29 bits per heavy atom. The van der Waals surface area contributed by atoms with Crippen LogP contribution in [0.5, 0.6) is 0 Å². The van der Waals surface area contributed by atoms with Crippen LogP contribution in [0.3, 0.4) is 0 Å². The second-order valence-corrected chi connectivity index (χ2v) is 6.10. The molecule has 1 aromatic carbocycles. The van der Waals surface area contributed by atoms with Gasteiger partial charge in [0.25, 0.3) is 0 Å². The summed E-state index contributed by atoms with van der Waals surface area (Å²) >= 11 is 1.22. The summed E-state index contributed by atoms with van der Waals surface area (Å²) < 4.78 is 4.84. The molecule has 0 aromatic heterocycles. The molecule has 2 rings (SSSR count). The summed E-state index contributed by atoms with van der Waals surface area (Å²) in [5.74, 6) is -0.823. The highest BCUT2D eigenvalue weighted by molar-refractivity contribution is 8.04. The normalized spacial score (nSPS) is 15.7. The van der Waals surface area contributed by atoms with Gasteiger partial charge < -0.3 is 10.1 Å². The molecule has 0 radical (unpaired) electrons. The largest absolute Gasteiger partial charge is 0.463 e. The minimum atomic E-state index is -0.518. The van der Waals surface area contributed by atoms with E-state index in [0.717, 1.165) is 6.42 Å². The van der Waals surface area contributed by atoms with Crippen molar-refractivity contribution in [2.24, 2.45) is 0 Å². The third kappa shape index (κ3) is 4.86. The summed E-state index contributed by atoms with van der Waals surface area (Å²) in [4.78, 5) is 36.9. The van der Waals surface area contributed by atoms with Crippen LogP contribution in [0.15, 0.2) is 35.4 Å². The van der Waals surface area contributed by atoms with Crippen LogP contribution in [0.25, 0.3) is 0 Å². The molecule has 1 saturated heterocycles. The molecule has 0 unspecified atom stereocenters. The first-order valence-electron chi connectivity index (χ1n) is 7.74. The molecule has 7 heteroatoms. The quantitative estimate of drug-likeness (QED) is 0.630. The molecule has 2 amide bonds. The number of aryl methyl sites for hydroxylation is 1. The molecule has 1 aliphatic rings. The molecular formula is C17H20N2O4S. The number of hydrogen-bond acceptors (Lipinski definition) is 5. The zero-order valence-electron chi connectivity index (χ0n) is 13.7. The molecule has 6 nitrogen and oxygen atoms in total. The van der Waals surface area contributed by atoms with Crippen molar-refractivity contribution in [2.75, 3.05) is 24.2 Å². The molecule has 0 saturated carbocycles. The molecular weight excluding hydrogens is 328 g/mol. The van der Waals surface area contributed by atoms with Gasteiger partial charge in [0, 0.05) is 5.69 Å². The van der Waals surface area contributed by atoms with Gasteiger partial charge in [-0.2, -0.15) is 0 Å². The lowest BCUT2D eigenvalue weighted by Gasteiger charge is -2.16. The Morgan fingerprint density at radius 2 is 2.00 bits per heavy atom. The molecule has 1 aliphatic heterocycles. The number of nitrogens with zero attached hydrogens (tertiary/aromatic N) is 1. The summed E-state index contributed by atoms with van der Waals surface area (Å²) in [6.07, 6.45) is 2.18. The predicted octanol–water partition coefficient (Wildman–Crippen LogP) is 2.17. The summed E-state index contributed by atoms with van der Waals surface area (Å²) in [5, 5.41) is 3.19. The van der Waals surface area contributed by atoms with Crippen LogP contribution < -0.4 is 5.32 Å². The number of anilines is 1. The molecule has 1 aromatic rings. The Morgan fingerprint density at radius 3 is 2.62 bits per heavy atom. The van der Waals surface area contributed by atoms with Crippen molar-refractivity contribution in [1.82, 2.24) is 4.90 Å². The lowest BCUT2D eigenvalue weighted by atomic mass is 10.1. The van der Waals surface area contributed by atoms with E-state index in [-0.39, 0.29) is 30.7 Å². The van der Waals surface area contributed by atoms with E-state index in [9.17, 15) is 14.4 Å². The highest BCUT2D eigenvalue weighted by atomic mass is 32.2. The average Bonchev–Trinajstić information content (AvgIpc) is 2.89. The van der Waals surface area contributed by atoms with Crippen molar-refractivity contribution in [1.29, 1.82) is 0 Å². The lowest BCUT2D eigenvalue weighted by Crippen LogP contribution is -2.34. The Balaban J connectivity index is 1.99. The summed E-state index contributed by atoms with van der Waals surface area (Å²) in [6.45, 7) is 3.89. The van der Waals surface area contributed by atoms with Gasteiger partial charge in [0.1, 0.15) is 6.54 Å². The van der Waals surface area contributed by atoms with Gasteiger partial charge in [-0.1, -0.05) is 30.8 Å². The van der Waals surface area contributed by atoms with Crippen LogP contribution in [-0.4, -0.2) is 41.6 Å². The number of hydrogen-bond donors (Lipinski definition) is 1. The maximum absolute atomic E-state index is 12.2.